The minimum absolute atomic E-state index is 0.00361. The van der Waals surface area contributed by atoms with Crippen LogP contribution in [0.25, 0.3) is 6.08 Å². The van der Waals surface area contributed by atoms with Crippen molar-refractivity contribution >= 4 is 29.0 Å². The molecule has 7 nitrogen and oxygen atoms in total. The van der Waals surface area contributed by atoms with Gasteiger partial charge in [0.25, 0.3) is 5.69 Å². The third kappa shape index (κ3) is 4.31. The zero-order valence-electron chi connectivity index (χ0n) is 12.4. The topological polar surface area (TPSA) is 107 Å². The Morgan fingerprint density at radius 2 is 1.96 bits per heavy atom. The zero-order chi connectivity index (χ0) is 16.8. The van der Waals surface area contributed by atoms with Gasteiger partial charge < -0.3 is 15.8 Å². The fourth-order valence-electron chi connectivity index (χ4n) is 1.88. The molecule has 0 aliphatic carbocycles. The number of methoxy groups -OCH3 is 1. The van der Waals surface area contributed by atoms with Crippen LogP contribution in [-0.2, 0) is 4.79 Å². The minimum Gasteiger partial charge on any atom is -0.495 e. The smallest absolute Gasteiger partial charge is 0.269 e. The molecule has 0 unspecified atom stereocenters. The van der Waals surface area contributed by atoms with E-state index < -0.39 is 4.92 Å². The lowest BCUT2D eigenvalue weighted by Gasteiger charge is -2.09. The standard InChI is InChI=1S/C16H15N3O4/c1-23-15-8-5-12(17)10-14(15)18-16(20)9-4-11-2-6-13(7-3-11)19(21)22/h2-10H,17H2,1H3,(H,18,20)/b9-4+. The van der Waals surface area contributed by atoms with Crippen LogP contribution in [0.3, 0.4) is 0 Å². The molecule has 3 N–H and O–H groups in total. The second-order valence-corrected chi connectivity index (χ2v) is 4.63. The van der Waals surface area contributed by atoms with E-state index in [9.17, 15) is 14.9 Å². The van der Waals surface area contributed by atoms with Gasteiger partial charge >= 0.3 is 0 Å². The van der Waals surface area contributed by atoms with Crippen LogP contribution in [0.15, 0.2) is 48.5 Å². The van der Waals surface area contributed by atoms with Crippen molar-refractivity contribution in [3.63, 3.8) is 0 Å². The molecule has 2 aromatic rings. The van der Waals surface area contributed by atoms with E-state index >= 15 is 0 Å². The van der Waals surface area contributed by atoms with Gasteiger partial charge in [-0.25, -0.2) is 0 Å². The minimum atomic E-state index is -0.480. The van der Waals surface area contributed by atoms with Gasteiger partial charge in [-0.1, -0.05) is 0 Å². The van der Waals surface area contributed by atoms with Crippen molar-refractivity contribution < 1.29 is 14.5 Å². The number of anilines is 2. The Balaban J connectivity index is 2.07. The molecule has 0 heterocycles. The Hall–Kier alpha value is -3.35. The van der Waals surface area contributed by atoms with Gasteiger partial charge in [-0.2, -0.15) is 0 Å². The van der Waals surface area contributed by atoms with E-state index in [1.807, 2.05) is 0 Å². The van der Waals surface area contributed by atoms with Crippen molar-refractivity contribution in [2.75, 3.05) is 18.2 Å². The largest absolute Gasteiger partial charge is 0.495 e. The molecule has 0 spiro atoms. The van der Waals surface area contributed by atoms with E-state index in [-0.39, 0.29) is 11.6 Å². The first-order valence-electron chi connectivity index (χ1n) is 6.66. The van der Waals surface area contributed by atoms with Gasteiger partial charge in [-0.05, 0) is 42.0 Å². The third-order valence-corrected chi connectivity index (χ3v) is 3.01. The molecule has 118 valence electrons. The number of carbonyl (C=O) groups excluding carboxylic acids is 1. The number of nitro groups is 1. The second-order valence-electron chi connectivity index (χ2n) is 4.63. The first kappa shape index (κ1) is 16.0. The summed E-state index contributed by atoms with van der Waals surface area (Å²) in [6, 6.07) is 10.8. The lowest BCUT2D eigenvalue weighted by Crippen LogP contribution is -2.09. The summed E-state index contributed by atoms with van der Waals surface area (Å²) in [6.45, 7) is 0. The quantitative estimate of drug-likeness (QED) is 0.382. The van der Waals surface area contributed by atoms with E-state index in [1.165, 1.54) is 25.3 Å². The van der Waals surface area contributed by atoms with Gasteiger partial charge in [0.1, 0.15) is 5.75 Å². The summed E-state index contributed by atoms with van der Waals surface area (Å²) < 4.78 is 5.14. The summed E-state index contributed by atoms with van der Waals surface area (Å²) in [4.78, 5) is 22.0. The zero-order valence-corrected chi connectivity index (χ0v) is 12.4. The third-order valence-electron chi connectivity index (χ3n) is 3.01. The molecule has 1 amide bonds. The van der Waals surface area contributed by atoms with Gasteiger partial charge in [-0.15, -0.1) is 0 Å². The molecule has 0 radical (unpaired) electrons. The van der Waals surface area contributed by atoms with Crippen LogP contribution in [0, 0.1) is 10.1 Å². The maximum absolute atomic E-state index is 11.9. The van der Waals surface area contributed by atoms with E-state index in [2.05, 4.69) is 5.32 Å². The molecular weight excluding hydrogens is 298 g/mol. The van der Waals surface area contributed by atoms with Gasteiger partial charge in [0.15, 0.2) is 0 Å². The number of nitrogen functional groups attached to an aromatic ring is 1. The van der Waals surface area contributed by atoms with Gasteiger partial charge in [-0.3, -0.25) is 14.9 Å². The second kappa shape index (κ2) is 7.08. The Kier molecular flexibility index (Phi) is 4.93. The van der Waals surface area contributed by atoms with Crippen molar-refractivity contribution in [1.82, 2.24) is 0 Å². The number of rotatable bonds is 5. The first-order chi connectivity index (χ1) is 11.0. The highest BCUT2D eigenvalue weighted by atomic mass is 16.6. The summed E-state index contributed by atoms with van der Waals surface area (Å²) in [5.74, 6) is 0.128. The molecule has 0 aliphatic heterocycles. The molecular formula is C16H15N3O4. The van der Waals surface area contributed by atoms with Crippen molar-refractivity contribution in [2.45, 2.75) is 0 Å². The molecule has 2 aromatic carbocycles. The molecule has 0 fully saturated rings. The van der Waals surface area contributed by atoms with Gasteiger partial charge in [0, 0.05) is 23.9 Å². The highest BCUT2D eigenvalue weighted by Crippen LogP contribution is 2.26. The lowest BCUT2D eigenvalue weighted by molar-refractivity contribution is -0.384. The Bertz CT molecular complexity index is 754. The molecule has 0 aliphatic rings. The van der Waals surface area contributed by atoms with Crippen LogP contribution < -0.4 is 15.8 Å². The van der Waals surface area contributed by atoms with Gasteiger partial charge in [0.05, 0.1) is 17.7 Å². The van der Waals surface area contributed by atoms with Crippen molar-refractivity contribution in [2.24, 2.45) is 0 Å². The number of nitrogens with zero attached hydrogens (tertiary/aromatic N) is 1. The van der Waals surface area contributed by atoms with Crippen LogP contribution >= 0.6 is 0 Å². The van der Waals surface area contributed by atoms with E-state index in [1.54, 1.807) is 36.4 Å². The number of hydrogen-bond donors (Lipinski definition) is 2. The van der Waals surface area contributed by atoms with E-state index in [0.717, 1.165) is 0 Å². The predicted molar refractivity (Wildman–Crippen MR) is 88.2 cm³/mol. The lowest BCUT2D eigenvalue weighted by atomic mass is 10.2. The summed E-state index contributed by atoms with van der Waals surface area (Å²) in [7, 11) is 1.49. The normalized spacial score (nSPS) is 10.5. The Morgan fingerprint density at radius 3 is 2.57 bits per heavy atom. The van der Waals surface area contributed by atoms with Crippen LogP contribution in [0.1, 0.15) is 5.56 Å². The van der Waals surface area contributed by atoms with E-state index in [4.69, 9.17) is 10.5 Å². The number of hydrogen-bond acceptors (Lipinski definition) is 5. The number of nitrogens with one attached hydrogen (secondary N) is 1. The maximum Gasteiger partial charge on any atom is 0.269 e. The number of nitro benzene ring substituents is 1. The molecule has 0 aromatic heterocycles. The van der Waals surface area contributed by atoms with Crippen LogP contribution in [0.4, 0.5) is 17.1 Å². The Labute approximate surface area is 132 Å². The summed E-state index contributed by atoms with van der Waals surface area (Å²) in [5.41, 5.74) is 7.31. The molecule has 0 saturated heterocycles. The average molecular weight is 313 g/mol. The first-order valence-corrected chi connectivity index (χ1v) is 6.66. The summed E-state index contributed by atoms with van der Waals surface area (Å²) in [6.07, 6.45) is 2.88. The predicted octanol–water partition coefficient (Wildman–Crippen LogP) is 2.84. The number of benzene rings is 2. The number of amides is 1. The fourth-order valence-corrected chi connectivity index (χ4v) is 1.88. The molecule has 0 saturated carbocycles. The average Bonchev–Trinajstić information content (AvgIpc) is 2.53. The molecule has 0 bridgehead atoms. The number of nitrogens with two attached hydrogens (primary N) is 1. The van der Waals surface area contributed by atoms with Crippen LogP contribution in [-0.4, -0.2) is 17.9 Å². The van der Waals surface area contributed by atoms with Crippen LogP contribution in [0.5, 0.6) is 5.75 Å². The monoisotopic (exact) mass is 313 g/mol. The van der Waals surface area contributed by atoms with Crippen molar-refractivity contribution in [1.29, 1.82) is 0 Å². The summed E-state index contributed by atoms with van der Waals surface area (Å²) in [5, 5.41) is 13.2. The van der Waals surface area contributed by atoms with Crippen LogP contribution in [0.2, 0.25) is 0 Å². The number of carbonyl (C=O) groups is 1. The van der Waals surface area contributed by atoms with Crippen molar-refractivity contribution in [3.8, 4) is 5.75 Å². The molecule has 23 heavy (non-hydrogen) atoms. The van der Waals surface area contributed by atoms with E-state index in [0.29, 0.717) is 22.7 Å². The highest BCUT2D eigenvalue weighted by molar-refractivity contribution is 6.03. The molecule has 2 rings (SSSR count). The highest BCUT2D eigenvalue weighted by Gasteiger charge is 2.06. The number of ether oxygens (including phenoxy) is 1. The van der Waals surface area contributed by atoms with Gasteiger partial charge in [0.2, 0.25) is 5.91 Å². The number of non-ortho nitro benzene ring substituents is 1. The van der Waals surface area contributed by atoms with Crippen molar-refractivity contribution in [3.05, 3.63) is 64.2 Å². The Morgan fingerprint density at radius 1 is 1.26 bits per heavy atom. The molecule has 0 atom stereocenters. The maximum atomic E-state index is 11.9. The SMILES string of the molecule is COc1ccc(N)cc1NC(=O)/C=C/c1ccc([N+](=O)[O-])cc1. The fraction of sp³-hybridized carbons (Fsp3) is 0.0625. The molecule has 7 heteroatoms. The summed E-state index contributed by atoms with van der Waals surface area (Å²) >= 11 is 0.